The molecule has 0 bridgehead atoms. The fourth-order valence-corrected chi connectivity index (χ4v) is 2.89. The third-order valence-corrected chi connectivity index (χ3v) is 4.26. The van der Waals surface area contributed by atoms with Gasteiger partial charge in [0.1, 0.15) is 5.82 Å². The Kier molecular flexibility index (Phi) is 4.26. The summed E-state index contributed by atoms with van der Waals surface area (Å²) in [7, 11) is 0. The lowest BCUT2D eigenvalue weighted by Gasteiger charge is -2.22. The maximum atomic E-state index is 13.3. The van der Waals surface area contributed by atoms with Crippen molar-refractivity contribution in [3.05, 3.63) is 28.0 Å². The molecule has 1 aliphatic carbocycles. The molecule has 5 heteroatoms. The Morgan fingerprint density at radius 1 is 1.47 bits per heavy atom. The molecule has 0 aromatic heterocycles. The summed E-state index contributed by atoms with van der Waals surface area (Å²) in [5, 5.41) is 2.81. The number of anilines is 1. The van der Waals surface area contributed by atoms with E-state index in [2.05, 4.69) is 21.2 Å². The molecule has 0 unspecified atom stereocenters. The fraction of sp³-hybridized carbons (Fsp3) is 0.500. The molecular weight excluding hydrogens is 311 g/mol. The van der Waals surface area contributed by atoms with Crippen LogP contribution in [0, 0.1) is 12.7 Å². The van der Waals surface area contributed by atoms with E-state index in [1.807, 2.05) is 0 Å². The minimum Gasteiger partial charge on any atom is -0.326 e. The first-order valence-corrected chi connectivity index (χ1v) is 7.23. The van der Waals surface area contributed by atoms with Gasteiger partial charge in [-0.2, -0.15) is 0 Å². The van der Waals surface area contributed by atoms with Crippen molar-refractivity contribution in [1.82, 2.24) is 0 Å². The number of hydrogen-bond donors (Lipinski definition) is 2. The summed E-state index contributed by atoms with van der Waals surface area (Å²) < 4.78 is 13.7. The van der Waals surface area contributed by atoms with Gasteiger partial charge >= 0.3 is 0 Å². The number of halogens is 2. The maximum absolute atomic E-state index is 13.3. The van der Waals surface area contributed by atoms with Crippen LogP contribution in [0.2, 0.25) is 0 Å². The minimum atomic E-state index is -0.366. The van der Waals surface area contributed by atoms with Gasteiger partial charge in [0.05, 0.1) is 4.47 Å². The maximum Gasteiger partial charge on any atom is 0.226 e. The topological polar surface area (TPSA) is 55.1 Å². The molecule has 1 amide bonds. The summed E-state index contributed by atoms with van der Waals surface area (Å²) in [4.78, 5) is 12.0. The average Bonchev–Trinajstić information content (AvgIpc) is 2.72. The third kappa shape index (κ3) is 3.54. The first-order valence-electron chi connectivity index (χ1n) is 6.44. The standard InChI is InChI=1S/C14H18BrFN2O/c1-9-6-11(16)10(15)7-12(9)18-13(19)8-14(17)4-2-3-5-14/h6-7H,2-5,8,17H2,1H3,(H,18,19). The second-order valence-corrected chi connectivity index (χ2v) is 6.23. The van der Waals surface area contributed by atoms with Gasteiger partial charge in [-0.1, -0.05) is 12.8 Å². The van der Waals surface area contributed by atoms with Gasteiger partial charge in [-0.25, -0.2) is 4.39 Å². The van der Waals surface area contributed by atoms with E-state index in [1.165, 1.54) is 6.07 Å². The van der Waals surface area contributed by atoms with E-state index in [4.69, 9.17) is 5.73 Å². The molecule has 1 fully saturated rings. The molecule has 0 spiro atoms. The van der Waals surface area contributed by atoms with E-state index in [0.717, 1.165) is 25.7 Å². The lowest BCUT2D eigenvalue weighted by atomic mass is 9.94. The number of nitrogens with one attached hydrogen (secondary N) is 1. The van der Waals surface area contributed by atoms with E-state index < -0.39 is 0 Å². The molecule has 1 aliphatic rings. The normalized spacial score (nSPS) is 17.5. The van der Waals surface area contributed by atoms with Crippen molar-refractivity contribution in [2.24, 2.45) is 5.73 Å². The predicted molar refractivity (Wildman–Crippen MR) is 77.5 cm³/mol. The molecule has 19 heavy (non-hydrogen) atoms. The summed E-state index contributed by atoms with van der Waals surface area (Å²) >= 11 is 3.12. The second kappa shape index (κ2) is 5.59. The van der Waals surface area contributed by atoms with Gasteiger partial charge in [0.2, 0.25) is 5.91 Å². The zero-order valence-electron chi connectivity index (χ0n) is 10.9. The Balaban J connectivity index is 2.05. The van der Waals surface area contributed by atoms with Gasteiger partial charge in [-0.15, -0.1) is 0 Å². The highest BCUT2D eigenvalue weighted by Crippen LogP contribution is 2.31. The number of carbonyl (C=O) groups is 1. The quantitative estimate of drug-likeness (QED) is 0.892. The SMILES string of the molecule is Cc1cc(F)c(Br)cc1NC(=O)CC1(N)CCCC1. The summed E-state index contributed by atoms with van der Waals surface area (Å²) in [6, 6.07) is 2.98. The zero-order chi connectivity index (χ0) is 14.0. The highest BCUT2D eigenvalue weighted by molar-refractivity contribution is 9.10. The number of hydrogen-bond acceptors (Lipinski definition) is 2. The Morgan fingerprint density at radius 3 is 2.74 bits per heavy atom. The molecule has 0 aliphatic heterocycles. The first-order chi connectivity index (χ1) is 8.89. The largest absolute Gasteiger partial charge is 0.326 e. The molecule has 0 atom stereocenters. The lowest BCUT2D eigenvalue weighted by Crippen LogP contribution is -2.40. The molecule has 1 saturated carbocycles. The van der Waals surface area contributed by atoms with Gasteiger partial charge in [0.15, 0.2) is 0 Å². The number of benzene rings is 1. The van der Waals surface area contributed by atoms with Crippen molar-refractivity contribution in [3.8, 4) is 0 Å². The molecule has 3 nitrogen and oxygen atoms in total. The van der Waals surface area contributed by atoms with E-state index in [9.17, 15) is 9.18 Å². The Labute approximate surface area is 120 Å². The highest BCUT2D eigenvalue weighted by atomic mass is 79.9. The lowest BCUT2D eigenvalue weighted by molar-refractivity contribution is -0.117. The summed E-state index contributed by atoms with van der Waals surface area (Å²) in [6.45, 7) is 1.76. The van der Waals surface area contributed by atoms with Gasteiger partial charge in [0.25, 0.3) is 0 Å². The predicted octanol–water partition coefficient (Wildman–Crippen LogP) is 3.50. The van der Waals surface area contributed by atoms with Crippen LogP contribution in [0.1, 0.15) is 37.7 Å². The van der Waals surface area contributed by atoms with Crippen LogP contribution in [-0.4, -0.2) is 11.4 Å². The summed E-state index contributed by atoms with van der Waals surface area (Å²) in [5.74, 6) is -0.437. The van der Waals surface area contributed by atoms with Crippen molar-refractivity contribution in [3.63, 3.8) is 0 Å². The van der Waals surface area contributed by atoms with Gasteiger partial charge in [-0.3, -0.25) is 4.79 Å². The van der Waals surface area contributed by atoms with E-state index in [0.29, 0.717) is 22.1 Å². The zero-order valence-corrected chi connectivity index (χ0v) is 12.5. The van der Waals surface area contributed by atoms with Crippen LogP contribution in [0.5, 0.6) is 0 Å². The number of rotatable bonds is 3. The number of nitrogens with two attached hydrogens (primary N) is 1. The van der Waals surface area contributed by atoms with Crippen LogP contribution < -0.4 is 11.1 Å². The van der Waals surface area contributed by atoms with Crippen LogP contribution in [0.3, 0.4) is 0 Å². The van der Waals surface area contributed by atoms with Crippen molar-refractivity contribution >= 4 is 27.5 Å². The van der Waals surface area contributed by atoms with Crippen molar-refractivity contribution in [2.45, 2.75) is 44.6 Å². The molecule has 0 saturated heterocycles. The van der Waals surface area contributed by atoms with Gasteiger partial charge in [-0.05, 0) is 53.4 Å². The molecule has 1 aromatic carbocycles. The molecule has 2 rings (SSSR count). The van der Waals surface area contributed by atoms with Crippen LogP contribution in [0.4, 0.5) is 10.1 Å². The molecule has 104 valence electrons. The fourth-order valence-electron chi connectivity index (χ4n) is 2.55. The van der Waals surface area contributed by atoms with E-state index in [-0.39, 0.29) is 17.3 Å². The summed E-state index contributed by atoms with van der Waals surface area (Å²) in [5.41, 5.74) is 7.14. The Hall–Kier alpha value is -0.940. The molecule has 0 heterocycles. The number of carbonyl (C=O) groups excluding carboxylic acids is 1. The van der Waals surface area contributed by atoms with E-state index >= 15 is 0 Å². The highest BCUT2D eigenvalue weighted by Gasteiger charge is 2.31. The minimum absolute atomic E-state index is 0.106. The van der Waals surface area contributed by atoms with Crippen LogP contribution in [0.25, 0.3) is 0 Å². The van der Waals surface area contributed by atoms with E-state index in [1.54, 1.807) is 13.0 Å². The Morgan fingerprint density at radius 2 is 2.11 bits per heavy atom. The average molecular weight is 329 g/mol. The second-order valence-electron chi connectivity index (χ2n) is 5.38. The molecule has 1 aromatic rings. The third-order valence-electron chi connectivity index (χ3n) is 3.65. The number of amides is 1. The van der Waals surface area contributed by atoms with Crippen LogP contribution in [0.15, 0.2) is 16.6 Å². The van der Waals surface area contributed by atoms with Gasteiger partial charge in [0, 0.05) is 17.6 Å². The molecule has 3 N–H and O–H groups in total. The number of aryl methyl sites for hydroxylation is 1. The van der Waals surface area contributed by atoms with Crippen molar-refractivity contribution < 1.29 is 9.18 Å². The van der Waals surface area contributed by atoms with Gasteiger partial charge < -0.3 is 11.1 Å². The van der Waals surface area contributed by atoms with Crippen LogP contribution in [-0.2, 0) is 4.79 Å². The monoisotopic (exact) mass is 328 g/mol. The first kappa shape index (κ1) is 14.5. The smallest absolute Gasteiger partial charge is 0.226 e. The van der Waals surface area contributed by atoms with Crippen molar-refractivity contribution in [2.75, 3.05) is 5.32 Å². The summed E-state index contributed by atoms with van der Waals surface area (Å²) in [6.07, 6.45) is 4.29. The van der Waals surface area contributed by atoms with Crippen molar-refractivity contribution in [1.29, 1.82) is 0 Å². The Bertz CT molecular complexity index is 498. The molecule has 0 radical (unpaired) electrons. The van der Waals surface area contributed by atoms with Crippen LogP contribution >= 0.6 is 15.9 Å². The molecular formula is C14H18BrFN2O.